The molecule has 0 fully saturated rings. The van der Waals surface area contributed by atoms with Gasteiger partial charge in [0.25, 0.3) is 5.91 Å². The zero-order valence-electron chi connectivity index (χ0n) is 24.0. The molecule has 2 unspecified atom stereocenters. The molecular weight excluding hydrogens is 498 g/mol. The van der Waals surface area contributed by atoms with E-state index in [1.807, 2.05) is 76.4 Å². The highest BCUT2D eigenvalue weighted by Crippen LogP contribution is 2.27. The number of aryl methyl sites for hydroxylation is 3. The van der Waals surface area contributed by atoms with E-state index in [9.17, 15) is 14.4 Å². The van der Waals surface area contributed by atoms with Gasteiger partial charge >= 0.3 is 6.09 Å². The molecule has 208 valence electrons. The van der Waals surface area contributed by atoms with Gasteiger partial charge in [0, 0.05) is 12.2 Å². The molecule has 7 nitrogen and oxygen atoms in total. The van der Waals surface area contributed by atoms with Crippen LogP contribution in [0.1, 0.15) is 68.8 Å². The average molecular weight is 542 g/mol. The van der Waals surface area contributed by atoms with Crippen LogP contribution in [0.2, 0.25) is 0 Å². The van der Waals surface area contributed by atoms with Gasteiger partial charge in [0.1, 0.15) is 17.7 Å². The Bertz CT molecular complexity index is 1110. The second-order valence-corrected chi connectivity index (χ2v) is 11.5. The standard InChI is InChI=1S/C30H43N3O4S/c1-9-17-33(28(35)25(16-18-38-8)32-29(36)37-30(5,6)7)26(23-15-14-20(2)22(4)19-23)27(34)31-24-13-11-10-12-21(24)3/h10-15,19,25-26H,9,16-18H2,1-8H3,(H,31,34)(H,32,36). The molecular formula is C30H43N3O4S. The van der Waals surface area contributed by atoms with E-state index in [2.05, 4.69) is 10.6 Å². The third-order valence-corrected chi connectivity index (χ3v) is 6.80. The number of anilines is 1. The summed E-state index contributed by atoms with van der Waals surface area (Å²) < 4.78 is 5.44. The van der Waals surface area contributed by atoms with Gasteiger partial charge in [0.05, 0.1) is 0 Å². The number of ether oxygens (including phenoxy) is 1. The number of amides is 3. The Hall–Kier alpha value is -3.00. The monoisotopic (exact) mass is 541 g/mol. The van der Waals surface area contributed by atoms with Crippen molar-refractivity contribution in [3.8, 4) is 0 Å². The van der Waals surface area contributed by atoms with E-state index in [4.69, 9.17) is 4.74 Å². The summed E-state index contributed by atoms with van der Waals surface area (Å²) >= 11 is 1.59. The largest absolute Gasteiger partial charge is 0.444 e. The Morgan fingerprint density at radius 1 is 1.00 bits per heavy atom. The molecule has 0 heterocycles. The Kier molecular flexibility index (Phi) is 11.7. The van der Waals surface area contributed by atoms with Gasteiger partial charge in [-0.2, -0.15) is 11.8 Å². The van der Waals surface area contributed by atoms with E-state index in [0.717, 1.165) is 22.3 Å². The van der Waals surface area contributed by atoms with Crippen molar-refractivity contribution < 1.29 is 19.1 Å². The third kappa shape index (κ3) is 9.08. The average Bonchev–Trinajstić information content (AvgIpc) is 2.83. The molecule has 38 heavy (non-hydrogen) atoms. The first kappa shape index (κ1) is 31.2. The van der Waals surface area contributed by atoms with Gasteiger partial charge in [-0.1, -0.05) is 43.3 Å². The quantitative estimate of drug-likeness (QED) is 0.355. The van der Waals surface area contributed by atoms with Gasteiger partial charge in [-0.3, -0.25) is 9.59 Å². The number of rotatable bonds is 11. The van der Waals surface area contributed by atoms with E-state index < -0.39 is 23.8 Å². The van der Waals surface area contributed by atoms with Crippen LogP contribution in [0.5, 0.6) is 0 Å². The fraction of sp³-hybridized carbons (Fsp3) is 0.500. The highest BCUT2D eigenvalue weighted by Gasteiger charge is 2.36. The van der Waals surface area contributed by atoms with Crippen LogP contribution in [0.4, 0.5) is 10.5 Å². The second-order valence-electron chi connectivity index (χ2n) is 10.6. The van der Waals surface area contributed by atoms with Gasteiger partial charge in [0.2, 0.25) is 5.91 Å². The molecule has 2 aromatic carbocycles. The van der Waals surface area contributed by atoms with Crippen molar-refractivity contribution in [2.45, 2.75) is 79.0 Å². The van der Waals surface area contributed by atoms with Gasteiger partial charge in [-0.15, -0.1) is 0 Å². The third-order valence-electron chi connectivity index (χ3n) is 6.16. The fourth-order valence-corrected chi connectivity index (χ4v) is 4.54. The van der Waals surface area contributed by atoms with Crippen LogP contribution in [-0.4, -0.2) is 53.0 Å². The number of thioether (sulfide) groups is 1. The van der Waals surface area contributed by atoms with Crippen LogP contribution < -0.4 is 10.6 Å². The Morgan fingerprint density at radius 2 is 1.68 bits per heavy atom. The van der Waals surface area contributed by atoms with Gasteiger partial charge in [-0.25, -0.2) is 4.79 Å². The highest BCUT2D eigenvalue weighted by atomic mass is 32.2. The minimum atomic E-state index is -0.876. The normalized spacial score (nSPS) is 12.8. The molecule has 0 bridgehead atoms. The molecule has 0 aliphatic rings. The Balaban J connectivity index is 2.52. The summed E-state index contributed by atoms with van der Waals surface area (Å²) in [5.41, 5.74) is 3.78. The Morgan fingerprint density at radius 3 is 2.26 bits per heavy atom. The minimum Gasteiger partial charge on any atom is -0.444 e. The van der Waals surface area contributed by atoms with Crippen molar-refractivity contribution in [3.05, 3.63) is 64.7 Å². The number of para-hydroxylation sites is 1. The molecule has 3 amide bonds. The van der Waals surface area contributed by atoms with E-state index in [0.29, 0.717) is 30.8 Å². The summed E-state index contributed by atoms with van der Waals surface area (Å²) in [7, 11) is 0. The first-order chi connectivity index (χ1) is 17.9. The minimum absolute atomic E-state index is 0.301. The molecule has 0 saturated carbocycles. The SMILES string of the molecule is CCCN(C(=O)C(CCSC)NC(=O)OC(C)(C)C)C(C(=O)Nc1ccccc1C)c1ccc(C)c(C)c1. The number of carbonyl (C=O) groups is 3. The van der Waals surface area contributed by atoms with Crippen LogP contribution in [0.25, 0.3) is 0 Å². The Labute approximate surface area is 232 Å². The van der Waals surface area contributed by atoms with Crippen LogP contribution in [0.15, 0.2) is 42.5 Å². The lowest BCUT2D eigenvalue weighted by Gasteiger charge is -2.34. The molecule has 8 heteroatoms. The molecule has 2 N–H and O–H groups in total. The van der Waals surface area contributed by atoms with Crippen LogP contribution >= 0.6 is 11.8 Å². The van der Waals surface area contributed by atoms with E-state index in [-0.39, 0.29) is 11.8 Å². The lowest BCUT2D eigenvalue weighted by molar-refractivity contribution is -0.140. The predicted octanol–water partition coefficient (Wildman–Crippen LogP) is 6.18. The van der Waals surface area contributed by atoms with Crippen molar-refractivity contribution in [3.63, 3.8) is 0 Å². The predicted molar refractivity (Wildman–Crippen MR) is 157 cm³/mol. The topological polar surface area (TPSA) is 87.7 Å². The molecule has 0 aromatic heterocycles. The molecule has 0 spiro atoms. The van der Waals surface area contributed by atoms with Crippen molar-refractivity contribution in [2.24, 2.45) is 0 Å². The fourth-order valence-electron chi connectivity index (χ4n) is 4.07. The van der Waals surface area contributed by atoms with Gasteiger partial charge < -0.3 is 20.3 Å². The van der Waals surface area contributed by atoms with E-state index >= 15 is 0 Å². The van der Waals surface area contributed by atoms with E-state index in [1.54, 1.807) is 37.4 Å². The zero-order valence-corrected chi connectivity index (χ0v) is 24.8. The second kappa shape index (κ2) is 14.2. The number of alkyl carbamates (subject to hydrolysis) is 1. The summed E-state index contributed by atoms with van der Waals surface area (Å²) in [5, 5.41) is 5.82. The molecule has 0 saturated heterocycles. The molecule has 0 aliphatic carbocycles. The number of hydrogen-bond acceptors (Lipinski definition) is 5. The molecule has 2 atom stereocenters. The number of nitrogens with one attached hydrogen (secondary N) is 2. The lowest BCUT2D eigenvalue weighted by Crippen LogP contribution is -2.52. The number of hydrogen-bond donors (Lipinski definition) is 2. The first-order valence-electron chi connectivity index (χ1n) is 13.1. The maximum atomic E-state index is 14.1. The smallest absolute Gasteiger partial charge is 0.408 e. The van der Waals surface area contributed by atoms with Gasteiger partial charge in [0.15, 0.2) is 0 Å². The summed E-state index contributed by atoms with van der Waals surface area (Å²) in [6.45, 7) is 13.6. The van der Waals surface area contributed by atoms with Crippen molar-refractivity contribution in [2.75, 3.05) is 23.9 Å². The van der Waals surface area contributed by atoms with Crippen molar-refractivity contribution in [1.82, 2.24) is 10.2 Å². The summed E-state index contributed by atoms with van der Waals surface area (Å²) in [6.07, 6.45) is 2.36. The first-order valence-corrected chi connectivity index (χ1v) is 14.5. The van der Waals surface area contributed by atoms with Crippen LogP contribution in [0.3, 0.4) is 0 Å². The lowest BCUT2D eigenvalue weighted by atomic mass is 9.97. The molecule has 2 aromatic rings. The van der Waals surface area contributed by atoms with Crippen molar-refractivity contribution in [1.29, 1.82) is 0 Å². The maximum Gasteiger partial charge on any atom is 0.408 e. The zero-order chi connectivity index (χ0) is 28.5. The van der Waals surface area contributed by atoms with Crippen LogP contribution in [-0.2, 0) is 14.3 Å². The molecule has 2 rings (SSSR count). The summed E-state index contributed by atoms with van der Waals surface area (Å²) in [4.78, 5) is 42.3. The van der Waals surface area contributed by atoms with Crippen LogP contribution in [0, 0.1) is 20.8 Å². The molecule has 0 aliphatic heterocycles. The van der Waals surface area contributed by atoms with Gasteiger partial charge in [-0.05, 0) is 94.7 Å². The summed E-state index contributed by atoms with van der Waals surface area (Å²) in [5.74, 6) is 0.0516. The number of benzene rings is 2. The number of nitrogens with zero attached hydrogens (tertiary/aromatic N) is 1. The maximum absolute atomic E-state index is 14.1. The van der Waals surface area contributed by atoms with E-state index in [1.165, 1.54) is 0 Å². The highest BCUT2D eigenvalue weighted by molar-refractivity contribution is 7.98. The number of carbonyl (C=O) groups excluding carboxylic acids is 3. The molecule has 0 radical (unpaired) electrons. The summed E-state index contributed by atoms with van der Waals surface area (Å²) in [6, 6.07) is 11.7. The van der Waals surface area contributed by atoms with Crippen molar-refractivity contribution >= 4 is 35.4 Å².